The summed E-state index contributed by atoms with van der Waals surface area (Å²) in [6.45, 7) is 2.26. The Bertz CT molecular complexity index is 1090. The van der Waals surface area contributed by atoms with Gasteiger partial charge in [-0.2, -0.15) is 0 Å². The van der Waals surface area contributed by atoms with Gasteiger partial charge in [0.15, 0.2) is 0 Å². The number of rotatable bonds is 6. The van der Waals surface area contributed by atoms with Gasteiger partial charge in [0.1, 0.15) is 11.5 Å². The smallest absolute Gasteiger partial charge is 0.299 e. The van der Waals surface area contributed by atoms with E-state index in [-0.39, 0.29) is 29.2 Å². The van der Waals surface area contributed by atoms with Gasteiger partial charge < -0.3 is 9.88 Å². The van der Waals surface area contributed by atoms with Gasteiger partial charge in [-0.05, 0) is 25.1 Å². The molecule has 10 nitrogen and oxygen atoms in total. The molecule has 0 spiro atoms. The van der Waals surface area contributed by atoms with Crippen molar-refractivity contribution in [3.8, 4) is 0 Å². The van der Waals surface area contributed by atoms with Crippen LogP contribution in [0.4, 0.5) is 17.1 Å². The van der Waals surface area contributed by atoms with Gasteiger partial charge in [-0.25, -0.2) is 4.98 Å². The van der Waals surface area contributed by atoms with Crippen LogP contribution in [0.25, 0.3) is 10.9 Å². The molecule has 27 heavy (non-hydrogen) atoms. The Morgan fingerprint density at radius 3 is 2.52 bits per heavy atom. The Morgan fingerprint density at radius 1 is 1.11 bits per heavy atom. The van der Waals surface area contributed by atoms with Gasteiger partial charge in [0.25, 0.3) is 16.9 Å². The van der Waals surface area contributed by atoms with E-state index in [1.54, 1.807) is 36.1 Å². The number of benzene rings is 2. The Morgan fingerprint density at radius 2 is 1.85 bits per heavy atom. The van der Waals surface area contributed by atoms with Crippen molar-refractivity contribution in [3.05, 3.63) is 78.9 Å². The first-order valence-electron chi connectivity index (χ1n) is 8.06. The molecule has 0 aliphatic carbocycles. The highest BCUT2D eigenvalue weighted by atomic mass is 16.6. The molecule has 3 rings (SSSR count). The molecule has 0 radical (unpaired) electrons. The fourth-order valence-corrected chi connectivity index (χ4v) is 2.80. The third-order valence-electron chi connectivity index (χ3n) is 4.09. The van der Waals surface area contributed by atoms with E-state index in [4.69, 9.17) is 0 Å². The molecule has 0 saturated heterocycles. The standard InChI is InChI=1S/C17H15N5O5/c1-2-20(14-8-7-11(21(24)25)9-15(14)22(26)27)10-16-18-13-6-4-3-5-12(13)17(23)19-16/h3-9H,2,10H2,1H3,(H,18,19,23). The predicted octanol–water partition coefficient (Wildman–Crippen LogP) is 2.77. The highest BCUT2D eigenvalue weighted by Crippen LogP contribution is 2.32. The van der Waals surface area contributed by atoms with E-state index in [0.717, 1.165) is 6.07 Å². The maximum atomic E-state index is 12.2. The number of hydrogen-bond acceptors (Lipinski definition) is 7. The maximum absolute atomic E-state index is 12.2. The van der Waals surface area contributed by atoms with E-state index in [9.17, 15) is 25.0 Å². The first-order valence-corrected chi connectivity index (χ1v) is 8.06. The quantitative estimate of drug-likeness (QED) is 0.521. The van der Waals surface area contributed by atoms with Crippen LogP contribution in [0.1, 0.15) is 12.7 Å². The fraction of sp³-hybridized carbons (Fsp3) is 0.176. The van der Waals surface area contributed by atoms with E-state index in [2.05, 4.69) is 9.97 Å². The van der Waals surface area contributed by atoms with Crippen LogP contribution in [0.5, 0.6) is 0 Å². The number of hydrogen-bond donors (Lipinski definition) is 1. The molecule has 0 atom stereocenters. The van der Waals surface area contributed by atoms with Crippen LogP contribution in [0.2, 0.25) is 0 Å². The molecule has 10 heteroatoms. The van der Waals surface area contributed by atoms with Crippen molar-refractivity contribution in [1.29, 1.82) is 0 Å². The van der Waals surface area contributed by atoms with Gasteiger partial charge in [-0.1, -0.05) is 12.1 Å². The summed E-state index contributed by atoms with van der Waals surface area (Å²) in [7, 11) is 0. The molecular weight excluding hydrogens is 354 g/mol. The number of fused-ring (bicyclic) bond motifs is 1. The number of non-ortho nitro benzene ring substituents is 1. The molecule has 1 N–H and O–H groups in total. The zero-order chi connectivity index (χ0) is 19.6. The summed E-state index contributed by atoms with van der Waals surface area (Å²) >= 11 is 0. The second-order valence-electron chi connectivity index (χ2n) is 5.73. The summed E-state index contributed by atoms with van der Waals surface area (Å²) in [5.74, 6) is 0.341. The Hall–Kier alpha value is -3.82. The zero-order valence-electron chi connectivity index (χ0n) is 14.3. The van der Waals surface area contributed by atoms with Crippen LogP contribution in [-0.4, -0.2) is 26.4 Å². The molecule has 2 aromatic carbocycles. The zero-order valence-corrected chi connectivity index (χ0v) is 14.3. The van der Waals surface area contributed by atoms with Crippen LogP contribution >= 0.6 is 0 Å². The number of nitrogens with zero attached hydrogens (tertiary/aromatic N) is 4. The Labute approximate surface area is 152 Å². The molecule has 138 valence electrons. The summed E-state index contributed by atoms with van der Waals surface area (Å²) in [5.41, 5.74) is -0.313. The fourth-order valence-electron chi connectivity index (χ4n) is 2.80. The van der Waals surface area contributed by atoms with Gasteiger partial charge in [0, 0.05) is 12.6 Å². The van der Waals surface area contributed by atoms with Crippen molar-refractivity contribution in [1.82, 2.24) is 9.97 Å². The molecule has 1 heterocycles. The van der Waals surface area contributed by atoms with Crippen LogP contribution in [0.3, 0.4) is 0 Å². The van der Waals surface area contributed by atoms with Crippen molar-refractivity contribution in [2.45, 2.75) is 13.5 Å². The van der Waals surface area contributed by atoms with Gasteiger partial charge >= 0.3 is 0 Å². The van der Waals surface area contributed by atoms with Gasteiger partial charge in [0.2, 0.25) is 0 Å². The number of nitro benzene ring substituents is 2. The second-order valence-corrected chi connectivity index (χ2v) is 5.73. The highest BCUT2D eigenvalue weighted by Gasteiger charge is 2.23. The van der Waals surface area contributed by atoms with Crippen LogP contribution < -0.4 is 10.5 Å². The first kappa shape index (κ1) is 18.0. The number of anilines is 1. The molecule has 3 aromatic rings. The molecule has 0 fully saturated rings. The molecule has 0 aliphatic rings. The minimum atomic E-state index is -0.685. The van der Waals surface area contributed by atoms with Crippen LogP contribution in [0.15, 0.2) is 47.3 Å². The van der Waals surface area contributed by atoms with Crippen LogP contribution in [0, 0.1) is 20.2 Å². The molecular formula is C17H15N5O5. The lowest BCUT2D eigenvalue weighted by Gasteiger charge is -2.22. The predicted molar refractivity (Wildman–Crippen MR) is 98.8 cm³/mol. The number of aromatic nitrogens is 2. The molecule has 0 amide bonds. The lowest BCUT2D eigenvalue weighted by atomic mass is 10.2. The van der Waals surface area contributed by atoms with Crippen molar-refractivity contribution in [2.24, 2.45) is 0 Å². The minimum Gasteiger partial charge on any atom is -0.359 e. The number of nitro groups is 2. The van der Waals surface area contributed by atoms with E-state index in [1.165, 1.54) is 12.1 Å². The van der Waals surface area contributed by atoms with Gasteiger partial charge in [-0.15, -0.1) is 0 Å². The summed E-state index contributed by atoms with van der Waals surface area (Å²) in [6.07, 6.45) is 0. The molecule has 0 unspecified atom stereocenters. The molecule has 0 saturated carbocycles. The molecule has 0 aliphatic heterocycles. The summed E-state index contributed by atoms with van der Waals surface area (Å²) < 4.78 is 0. The SMILES string of the molecule is CCN(Cc1nc2ccccc2c(=O)[nH]1)c1ccc([N+](=O)[O-])cc1[N+](=O)[O-]. The minimum absolute atomic E-state index is 0.106. The second kappa shape index (κ2) is 7.20. The maximum Gasteiger partial charge on any atom is 0.299 e. The number of H-pyrrole nitrogens is 1. The van der Waals surface area contributed by atoms with Gasteiger partial charge in [0.05, 0.1) is 33.4 Å². The average Bonchev–Trinajstić information content (AvgIpc) is 2.65. The third kappa shape index (κ3) is 3.59. The molecule has 0 bridgehead atoms. The summed E-state index contributed by atoms with van der Waals surface area (Å²) in [6, 6.07) is 10.3. The Balaban J connectivity index is 2.02. The normalized spacial score (nSPS) is 10.7. The van der Waals surface area contributed by atoms with Crippen molar-refractivity contribution in [3.63, 3.8) is 0 Å². The number of aromatic amines is 1. The molecule has 1 aromatic heterocycles. The van der Waals surface area contributed by atoms with E-state index >= 15 is 0 Å². The van der Waals surface area contributed by atoms with Crippen LogP contribution in [-0.2, 0) is 6.54 Å². The van der Waals surface area contributed by atoms with Crippen molar-refractivity contribution >= 4 is 28.0 Å². The summed E-state index contributed by atoms with van der Waals surface area (Å²) in [4.78, 5) is 41.8. The van der Waals surface area contributed by atoms with E-state index in [0.29, 0.717) is 23.3 Å². The largest absolute Gasteiger partial charge is 0.359 e. The lowest BCUT2D eigenvalue weighted by Crippen LogP contribution is -2.26. The third-order valence-corrected chi connectivity index (χ3v) is 4.09. The van der Waals surface area contributed by atoms with E-state index < -0.39 is 9.85 Å². The van der Waals surface area contributed by atoms with Gasteiger partial charge in [-0.3, -0.25) is 25.0 Å². The first-order chi connectivity index (χ1) is 12.9. The van der Waals surface area contributed by atoms with E-state index in [1.807, 2.05) is 0 Å². The van der Waals surface area contributed by atoms with Crippen molar-refractivity contribution < 1.29 is 9.85 Å². The average molecular weight is 369 g/mol. The Kier molecular flexibility index (Phi) is 4.79. The number of nitrogens with one attached hydrogen (secondary N) is 1. The number of para-hydroxylation sites is 1. The highest BCUT2D eigenvalue weighted by molar-refractivity contribution is 5.77. The van der Waals surface area contributed by atoms with Crippen molar-refractivity contribution in [2.75, 3.05) is 11.4 Å². The lowest BCUT2D eigenvalue weighted by molar-refractivity contribution is -0.393. The topological polar surface area (TPSA) is 135 Å². The monoisotopic (exact) mass is 369 g/mol. The summed E-state index contributed by atoms with van der Waals surface area (Å²) in [5, 5.41) is 22.7.